The molecule has 3 N–H and O–H groups in total. The van der Waals surface area contributed by atoms with Crippen LogP contribution in [0.1, 0.15) is 12.0 Å². The van der Waals surface area contributed by atoms with Crippen LogP contribution in [0.5, 0.6) is 0 Å². The monoisotopic (exact) mass is 310 g/mol. The second-order valence-electron chi connectivity index (χ2n) is 4.18. The van der Waals surface area contributed by atoms with Crippen LogP contribution in [0, 0.1) is 0 Å². The van der Waals surface area contributed by atoms with E-state index in [4.69, 9.17) is 33.7 Å². The third kappa shape index (κ3) is 3.29. The second kappa shape index (κ2) is 6.94. The smallest absolute Gasteiger partial charge is 0.107 e. The van der Waals surface area contributed by atoms with Crippen LogP contribution in [-0.4, -0.2) is 26.2 Å². The van der Waals surface area contributed by atoms with Gasteiger partial charge in [-0.1, -0.05) is 29.3 Å². The summed E-state index contributed by atoms with van der Waals surface area (Å²) in [6.07, 6.45) is 0.835. The molecule has 102 valence electrons. The lowest BCUT2D eigenvalue weighted by atomic mass is 9.90. The number of hydrogen-bond acceptors (Lipinski definition) is 3. The minimum absolute atomic E-state index is 0. The first-order chi connectivity index (χ1) is 8.18. The van der Waals surface area contributed by atoms with Crippen molar-refractivity contribution in [2.75, 3.05) is 26.2 Å². The van der Waals surface area contributed by atoms with E-state index in [1.54, 1.807) is 6.07 Å². The lowest BCUT2D eigenvalue weighted by Crippen LogP contribution is -2.38. The van der Waals surface area contributed by atoms with Gasteiger partial charge in [-0.2, -0.15) is 0 Å². The topological polar surface area (TPSA) is 47.3 Å². The Bertz CT molecular complexity index is 393. The molecular formula is C12H17Cl3N2O. The van der Waals surface area contributed by atoms with Crippen molar-refractivity contribution in [3.63, 3.8) is 0 Å². The number of ether oxygens (including phenoxy) is 1. The zero-order valence-corrected chi connectivity index (χ0v) is 12.2. The van der Waals surface area contributed by atoms with Crippen LogP contribution in [0.3, 0.4) is 0 Å². The van der Waals surface area contributed by atoms with E-state index < -0.39 is 5.60 Å². The maximum absolute atomic E-state index is 6.05. The van der Waals surface area contributed by atoms with Gasteiger partial charge in [0.15, 0.2) is 0 Å². The van der Waals surface area contributed by atoms with Crippen LogP contribution in [0.4, 0.5) is 0 Å². The molecule has 0 aromatic heterocycles. The molecule has 0 aliphatic carbocycles. The number of benzene rings is 1. The van der Waals surface area contributed by atoms with Gasteiger partial charge < -0.3 is 15.8 Å². The number of hydrogen-bond donors (Lipinski definition) is 2. The van der Waals surface area contributed by atoms with Crippen molar-refractivity contribution in [3.05, 3.63) is 33.8 Å². The second-order valence-corrected chi connectivity index (χ2v) is 4.99. The molecule has 1 aliphatic rings. The normalized spacial score (nSPS) is 24.2. The van der Waals surface area contributed by atoms with Gasteiger partial charge in [-0.05, 0) is 30.7 Å². The van der Waals surface area contributed by atoms with E-state index >= 15 is 0 Å². The summed E-state index contributed by atoms with van der Waals surface area (Å²) in [7, 11) is 0. The van der Waals surface area contributed by atoms with Crippen LogP contribution in [0.2, 0.25) is 10.0 Å². The van der Waals surface area contributed by atoms with Crippen molar-refractivity contribution >= 4 is 35.6 Å². The Morgan fingerprint density at radius 3 is 2.72 bits per heavy atom. The Morgan fingerprint density at radius 2 is 2.06 bits per heavy atom. The van der Waals surface area contributed by atoms with Crippen molar-refractivity contribution in [2.45, 2.75) is 12.0 Å². The number of nitrogens with one attached hydrogen (secondary N) is 1. The Labute approximate surface area is 123 Å². The third-order valence-corrected chi connectivity index (χ3v) is 3.88. The highest BCUT2D eigenvalue weighted by atomic mass is 35.5. The molecule has 1 aromatic carbocycles. The molecule has 1 aliphatic heterocycles. The Morgan fingerprint density at radius 1 is 1.28 bits per heavy atom. The molecule has 6 heteroatoms. The highest BCUT2D eigenvalue weighted by Gasteiger charge is 2.33. The van der Waals surface area contributed by atoms with Crippen LogP contribution in [-0.2, 0) is 10.3 Å². The molecule has 1 heterocycles. The molecule has 18 heavy (non-hydrogen) atoms. The molecular weight excluding hydrogens is 295 g/mol. The molecule has 1 unspecified atom stereocenters. The van der Waals surface area contributed by atoms with E-state index in [0.29, 0.717) is 23.2 Å². The highest BCUT2D eigenvalue weighted by Crippen LogP contribution is 2.33. The van der Waals surface area contributed by atoms with Gasteiger partial charge in [0.1, 0.15) is 5.60 Å². The van der Waals surface area contributed by atoms with Gasteiger partial charge >= 0.3 is 0 Å². The van der Waals surface area contributed by atoms with Gasteiger partial charge in [0, 0.05) is 13.1 Å². The maximum Gasteiger partial charge on any atom is 0.107 e. The van der Waals surface area contributed by atoms with Crippen molar-refractivity contribution < 1.29 is 4.74 Å². The van der Waals surface area contributed by atoms with Gasteiger partial charge in [0.25, 0.3) is 0 Å². The molecule has 3 nitrogen and oxygen atoms in total. The van der Waals surface area contributed by atoms with Gasteiger partial charge in [-0.3, -0.25) is 0 Å². The summed E-state index contributed by atoms with van der Waals surface area (Å²) < 4.78 is 5.93. The lowest BCUT2D eigenvalue weighted by Gasteiger charge is -2.31. The molecule has 0 spiro atoms. The molecule has 1 aromatic rings. The van der Waals surface area contributed by atoms with E-state index in [2.05, 4.69) is 5.32 Å². The first-order valence-corrected chi connectivity index (χ1v) is 6.44. The minimum Gasteiger partial charge on any atom is -0.368 e. The van der Waals surface area contributed by atoms with E-state index in [0.717, 1.165) is 25.1 Å². The predicted molar refractivity (Wildman–Crippen MR) is 77.9 cm³/mol. The molecule has 2 rings (SSSR count). The fourth-order valence-electron chi connectivity index (χ4n) is 2.09. The number of nitrogens with two attached hydrogens (primary N) is 1. The quantitative estimate of drug-likeness (QED) is 0.882. The molecule has 0 radical (unpaired) electrons. The maximum atomic E-state index is 6.05. The Kier molecular flexibility index (Phi) is 6.18. The zero-order chi connectivity index (χ0) is 12.3. The highest BCUT2D eigenvalue weighted by molar-refractivity contribution is 6.42. The van der Waals surface area contributed by atoms with Gasteiger partial charge in [-0.25, -0.2) is 0 Å². The first-order valence-electron chi connectivity index (χ1n) is 5.68. The van der Waals surface area contributed by atoms with E-state index in [1.807, 2.05) is 12.1 Å². The summed E-state index contributed by atoms with van der Waals surface area (Å²) in [5.74, 6) is 0. The Hall–Kier alpha value is -0.0300. The number of rotatable bonds is 2. The van der Waals surface area contributed by atoms with Crippen LogP contribution < -0.4 is 11.1 Å². The predicted octanol–water partition coefficient (Wildman–Crippen LogP) is 2.58. The van der Waals surface area contributed by atoms with E-state index in [-0.39, 0.29) is 12.4 Å². The molecule has 1 atom stereocenters. The number of halogens is 3. The van der Waals surface area contributed by atoms with Crippen LogP contribution in [0.25, 0.3) is 0 Å². The van der Waals surface area contributed by atoms with E-state index in [1.165, 1.54) is 0 Å². The average molecular weight is 312 g/mol. The van der Waals surface area contributed by atoms with Crippen molar-refractivity contribution in [1.82, 2.24) is 5.32 Å². The first kappa shape index (κ1) is 16.0. The average Bonchev–Trinajstić information content (AvgIpc) is 2.59. The summed E-state index contributed by atoms with van der Waals surface area (Å²) in [4.78, 5) is 0. The largest absolute Gasteiger partial charge is 0.368 e. The van der Waals surface area contributed by atoms with Crippen LogP contribution >= 0.6 is 35.6 Å². The fraction of sp³-hybridized carbons (Fsp3) is 0.500. The van der Waals surface area contributed by atoms with E-state index in [9.17, 15) is 0 Å². The summed E-state index contributed by atoms with van der Waals surface area (Å²) in [6, 6.07) is 5.58. The van der Waals surface area contributed by atoms with Gasteiger partial charge in [-0.15, -0.1) is 12.4 Å². The molecule has 0 amide bonds. The molecule has 1 fully saturated rings. The minimum atomic E-state index is -0.447. The Balaban J connectivity index is 0.00000162. The van der Waals surface area contributed by atoms with Crippen molar-refractivity contribution in [2.24, 2.45) is 5.73 Å². The third-order valence-electron chi connectivity index (χ3n) is 3.14. The molecule has 1 saturated heterocycles. The fourth-order valence-corrected chi connectivity index (χ4v) is 2.39. The summed E-state index contributed by atoms with van der Waals surface area (Å²) in [6.45, 7) is 2.82. The summed E-state index contributed by atoms with van der Waals surface area (Å²) >= 11 is 12.0. The van der Waals surface area contributed by atoms with Gasteiger partial charge in [0.2, 0.25) is 0 Å². The SMILES string of the molecule is Cl.NCC1(c2ccc(Cl)c(Cl)c2)CCNCCO1. The lowest BCUT2D eigenvalue weighted by molar-refractivity contribution is -0.0355. The standard InChI is InChI=1S/C12H16Cl2N2O.ClH/c13-10-2-1-9(7-11(10)14)12(8-15)3-4-16-5-6-17-12;/h1-2,7,16H,3-6,8,15H2;1H. The van der Waals surface area contributed by atoms with Crippen molar-refractivity contribution in [1.29, 1.82) is 0 Å². The zero-order valence-electron chi connectivity index (χ0n) is 9.92. The summed E-state index contributed by atoms with van der Waals surface area (Å²) in [5, 5.41) is 4.38. The van der Waals surface area contributed by atoms with Crippen LogP contribution in [0.15, 0.2) is 18.2 Å². The molecule has 0 bridgehead atoms. The summed E-state index contributed by atoms with van der Waals surface area (Å²) in [5.41, 5.74) is 6.45. The van der Waals surface area contributed by atoms with Crippen molar-refractivity contribution in [3.8, 4) is 0 Å². The molecule has 0 saturated carbocycles. The van der Waals surface area contributed by atoms with Gasteiger partial charge in [0.05, 0.1) is 16.7 Å².